The van der Waals surface area contributed by atoms with Crippen LogP contribution in [0.3, 0.4) is 0 Å². The summed E-state index contributed by atoms with van der Waals surface area (Å²) in [5.74, 6) is -0.442. The fourth-order valence-electron chi connectivity index (χ4n) is 2.38. The third kappa shape index (κ3) is 3.95. The Balaban J connectivity index is 1.69. The average Bonchev–Trinajstić information content (AvgIpc) is 3.04. The molecule has 2 N–H and O–H groups in total. The predicted octanol–water partition coefficient (Wildman–Crippen LogP) is 2.83. The van der Waals surface area contributed by atoms with Gasteiger partial charge in [0, 0.05) is 18.4 Å². The topological polar surface area (TPSA) is 84.7 Å². The molecule has 1 aromatic carbocycles. The molecule has 0 aliphatic carbocycles. The minimum absolute atomic E-state index is 0.288. The SMILES string of the molecule is CCOC(=O)c1cnn2ccc(NC(=O)NCc3ccccc3)cc12. The zero-order valence-corrected chi connectivity index (χ0v) is 13.7. The van der Waals surface area contributed by atoms with Crippen LogP contribution in [0.5, 0.6) is 0 Å². The number of aromatic nitrogens is 2. The van der Waals surface area contributed by atoms with Crippen molar-refractivity contribution in [3.05, 3.63) is 66.0 Å². The van der Waals surface area contributed by atoms with Crippen LogP contribution in [0.4, 0.5) is 10.5 Å². The molecule has 2 heterocycles. The molecule has 2 aromatic heterocycles. The lowest BCUT2D eigenvalue weighted by Gasteiger charge is -2.08. The largest absolute Gasteiger partial charge is 0.462 e. The van der Waals surface area contributed by atoms with Crippen molar-refractivity contribution in [3.63, 3.8) is 0 Å². The van der Waals surface area contributed by atoms with E-state index in [0.717, 1.165) is 5.56 Å². The molecular weight excluding hydrogens is 320 g/mol. The van der Waals surface area contributed by atoms with Gasteiger partial charge in [0.1, 0.15) is 5.56 Å². The van der Waals surface area contributed by atoms with Gasteiger partial charge in [-0.05, 0) is 24.6 Å². The summed E-state index contributed by atoms with van der Waals surface area (Å²) in [6.45, 7) is 2.46. The first-order valence-electron chi connectivity index (χ1n) is 7.90. The Morgan fingerprint density at radius 2 is 2.00 bits per heavy atom. The van der Waals surface area contributed by atoms with Crippen molar-refractivity contribution in [2.24, 2.45) is 0 Å². The van der Waals surface area contributed by atoms with Gasteiger partial charge in [-0.1, -0.05) is 30.3 Å². The Morgan fingerprint density at radius 3 is 2.76 bits per heavy atom. The van der Waals surface area contributed by atoms with E-state index in [0.29, 0.717) is 23.3 Å². The number of pyridine rings is 1. The number of fused-ring (bicyclic) bond motifs is 1. The van der Waals surface area contributed by atoms with Gasteiger partial charge < -0.3 is 15.4 Å². The van der Waals surface area contributed by atoms with Crippen LogP contribution in [-0.4, -0.2) is 28.2 Å². The second-order valence-corrected chi connectivity index (χ2v) is 5.32. The summed E-state index contributed by atoms with van der Waals surface area (Å²) in [6, 6.07) is 12.7. The summed E-state index contributed by atoms with van der Waals surface area (Å²) < 4.78 is 6.57. The summed E-state index contributed by atoms with van der Waals surface area (Å²) in [7, 11) is 0. The fraction of sp³-hybridized carbons (Fsp3) is 0.167. The number of nitrogens with one attached hydrogen (secondary N) is 2. The third-order valence-electron chi connectivity index (χ3n) is 3.57. The highest BCUT2D eigenvalue weighted by Crippen LogP contribution is 2.17. The molecule has 3 aromatic rings. The molecule has 0 saturated heterocycles. The van der Waals surface area contributed by atoms with Crippen molar-refractivity contribution < 1.29 is 14.3 Å². The quantitative estimate of drug-likeness (QED) is 0.701. The van der Waals surface area contributed by atoms with Crippen LogP contribution < -0.4 is 10.6 Å². The molecule has 0 aliphatic rings. The minimum atomic E-state index is -0.442. The maximum Gasteiger partial charge on any atom is 0.341 e. The van der Waals surface area contributed by atoms with Gasteiger partial charge in [0.25, 0.3) is 0 Å². The predicted molar refractivity (Wildman–Crippen MR) is 93.4 cm³/mol. The molecule has 0 fully saturated rings. The fourth-order valence-corrected chi connectivity index (χ4v) is 2.38. The lowest BCUT2D eigenvalue weighted by Crippen LogP contribution is -2.28. The van der Waals surface area contributed by atoms with Crippen molar-refractivity contribution in [2.75, 3.05) is 11.9 Å². The van der Waals surface area contributed by atoms with E-state index in [2.05, 4.69) is 15.7 Å². The summed E-state index contributed by atoms with van der Waals surface area (Å²) in [5.41, 5.74) is 2.49. The maximum absolute atomic E-state index is 12.0. The van der Waals surface area contributed by atoms with Crippen molar-refractivity contribution >= 4 is 23.2 Å². The molecule has 7 heteroatoms. The number of nitrogens with zero attached hydrogens (tertiary/aromatic N) is 2. The maximum atomic E-state index is 12.0. The molecule has 25 heavy (non-hydrogen) atoms. The number of amides is 2. The lowest BCUT2D eigenvalue weighted by atomic mass is 10.2. The monoisotopic (exact) mass is 338 g/mol. The van der Waals surface area contributed by atoms with Crippen molar-refractivity contribution in [1.82, 2.24) is 14.9 Å². The Labute approximate surface area is 144 Å². The number of esters is 1. The van der Waals surface area contributed by atoms with Crippen molar-refractivity contribution in [2.45, 2.75) is 13.5 Å². The van der Waals surface area contributed by atoms with Gasteiger partial charge in [-0.15, -0.1) is 0 Å². The molecule has 3 rings (SSSR count). The Bertz CT molecular complexity index is 890. The van der Waals surface area contributed by atoms with E-state index in [1.165, 1.54) is 6.20 Å². The normalized spacial score (nSPS) is 10.4. The average molecular weight is 338 g/mol. The number of carbonyl (C=O) groups excluding carboxylic acids is 2. The number of hydrogen-bond donors (Lipinski definition) is 2. The first kappa shape index (κ1) is 16.5. The van der Waals surface area contributed by atoms with Gasteiger partial charge in [-0.25, -0.2) is 14.1 Å². The Kier molecular flexibility index (Phi) is 4.94. The molecule has 2 amide bonds. The number of carbonyl (C=O) groups is 2. The second-order valence-electron chi connectivity index (χ2n) is 5.32. The third-order valence-corrected chi connectivity index (χ3v) is 3.57. The number of benzene rings is 1. The van der Waals surface area contributed by atoms with E-state index in [1.54, 1.807) is 29.8 Å². The first-order chi connectivity index (χ1) is 12.2. The lowest BCUT2D eigenvalue weighted by molar-refractivity contribution is 0.0528. The van der Waals surface area contributed by atoms with Crippen LogP contribution >= 0.6 is 0 Å². The number of hydrogen-bond acceptors (Lipinski definition) is 4. The molecule has 0 atom stereocenters. The van der Waals surface area contributed by atoms with E-state index in [4.69, 9.17) is 4.74 Å². The first-order valence-corrected chi connectivity index (χ1v) is 7.90. The highest BCUT2D eigenvalue weighted by atomic mass is 16.5. The van der Waals surface area contributed by atoms with Gasteiger partial charge in [-0.3, -0.25) is 0 Å². The van der Waals surface area contributed by atoms with Gasteiger partial charge >= 0.3 is 12.0 Å². The molecule has 128 valence electrons. The van der Waals surface area contributed by atoms with Crippen LogP contribution in [0, 0.1) is 0 Å². The van der Waals surface area contributed by atoms with Gasteiger partial charge in [-0.2, -0.15) is 5.10 Å². The highest BCUT2D eigenvalue weighted by molar-refractivity contribution is 5.98. The van der Waals surface area contributed by atoms with Crippen LogP contribution in [0.25, 0.3) is 5.52 Å². The summed E-state index contributed by atoms with van der Waals surface area (Å²) in [6.07, 6.45) is 3.12. The van der Waals surface area contributed by atoms with Gasteiger partial charge in [0.15, 0.2) is 0 Å². The highest BCUT2D eigenvalue weighted by Gasteiger charge is 2.14. The molecule has 0 spiro atoms. The minimum Gasteiger partial charge on any atom is -0.462 e. The Morgan fingerprint density at radius 1 is 1.20 bits per heavy atom. The molecule has 0 saturated carbocycles. The van der Waals surface area contributed by atoms with Crippen LogP contribution in [0.2, 0.25) is 0 Å². The van der Waals surface area contributed by atoms with E-state index < -0.39 is 5.97 Å². The zero-order chi connectivity index (χ0) is 17.6. The van der Waals surface area contributed by atoms with Crippen molar-refractivity contribution in [3.8, 4) is 0 Å². The molecule has 7 nitrogen and oxygen atoms in total. The number of ether oxygens (including phenoxy) is 1. The van der Waals surface area contributed by atoms with Gasteiger partial charge in [0.2, 0.25) is 0 Å². The standard InChI is InChI=1S/C18H18N4O3/c1-2-25-17(23)15-12-20-22-9-8-14(10-16(15)22)21-18(24)19-11-13-6-4-3-5-7-13/h3-10,12H,2,11H2,1H3,(H2,19,21,24). The molecule has 0 unspecified atom stereocenters. The van der Waals surface area contributed by atoms with E-state index >= 15 is 0 Å². The molecule has 0 aliphatic heterocycles. The van der Waals surface area contributed by atoms with Gasteiger partial charge in [0.05, 0.1) is 18.3 Å². The van der Waals surface area contributed by atoms with Crippen LogP contribution in [0.1, 0.15) is 22.8 Å². The Hall–Kier alpha value is -3.35. The number of rotatable bonds is 5. The second kappa shape index (κ2) is 7.48. The smallest absolute Gasteiger partial charge is 0.341 e. The van der Waals surface area contributed by atoms with Crippen LogP contribution in [-0.2, 0) is 11.3 Å². The number of anilines is 1. The molecular formula is C18H18N4O3. The van der Waals surface area contributed by atoms with E-state index in [-0.39, 0.29) is 12.6 Å². The number of urea groups is 1. The van der Waals surface area contributed by atoms with E-state index in [1.807, 2.05) is 30.3 Å². The summed E-state index contributed by atoms with van der Waals surface area (Å²) in [5, 5.41) is 9.64. The zero-order valence-electron chi connectivity index (χ0n) is 13.7. The van der Waals surface area contributed by atoms with Crippen molar-refractivity contribution in [1.29, 1.82) is 0 Å². The summed E-state index contributed by atoms with van der Waals surface area (Å²) in [4.78, 5) is 24.0. The van der Waals surface area contributed by atoms with Crippen LogP contribution in [0.15, 0.2) is 54.9 Å². The van der Waals surface area contributed by atoms with E-state index in [9.17, 15) is 9.59 Å². The molecule has 0 radical (unpaired) electrons. The summed E-state index contributed by atoms with van der Waals surface area (Å²) >= 11 is 0. The molecule has 0 bridgehead atoms.